The number of benzene rings is 1. The molecular weight excluding hydrogens is 418 g/mol. The molecular formula is C22H31N3O5S. The Hall–Kier alpha value is -2.65. The van der Waals surface area contributed by atoms with E-state index in [1.54, 1.807) is 53.7 Å². The molecule has 0 bridgehead atoms. The summed E-state index contributed by atoms with van der Waals surface area (Å²) in [6.07, 6.45) is 0. The number of esters is 1. The highest BCUT2D eigenvalue weighted by Crippen LogP contribution is 2.23. The molecule has 9 heteroatoms. The number of ketones is 1. The first-order chi connectivity index (χ1) is 14.6. The molecule has 0 unspecified atom stereocenters. The number of Topliss-reactive ketones (excluding diaryl/α,β-unsaturated/α-hetero) is 1. The van der Waals surface area contributed by atoms with Crippen LogP contribution in [0.2, 0.25) is 0 Å². The second-order valence-corrected chi connectivity index (χ2v) is 9.13. The van der Waals surface area contributed by atoms with E-state index in [-0.39, 0.29) is 17.3 Å². The molecule has 0 saturated heterocycles. The minimum atomic E-state index is -3.61. The van der Waals surface area contributed by atoms with Crippen LogP contribution in [0.15, 0.2) is 29.2 Å². The van der Waals surface area contributed by atoms with Gasteiger partial charge in [0.2, 0.25) is 15.8 Å². The largest absolute Gasteiger partial charge is 0.462 e. The maximum absolute atomic E-state index is 13.0. The Morgan fingerprint density at radius 2 is 1.81 bits per heavy atom. The van der Waals surface area contributed by atoms with Gasteiger partial charge in [-0.3, -0.25) is 4.79 Å². The van der Waals surface area contributed by atoms with Gasteiger partial charge in [-0.2, -0.15) is 4.31 Å². The molecule has 0 saturated carbocycles. The van der Waals surface area contributed by atoms with Gasteiger partial charge >= 0.3 is 5.97 Å². The molecule has 0 fully saturated rings. The van der Waals surface area contributed by atoms with E-state index >= 15 is 0 Å². The molecule has 0 aliphatic heterocycles. The maximum Gasteiger partial charge on any atom is 0.340 e. The van der Waals surface area contributed by atoms with Crippen molar-refractivity contribution in [3.63, 3.8) is 0 Å². The van der Waals surface area contributed by atoms with Gasteiger partial charge in [-0.15, -0.1) is 0 Å². The number of carbonyl (C=O) groups is 2. The number of aromatic amines is 1. The van der Waals surface area contributed by atoms with Crippen molar-refractivity contribution in [3.8, 4) is 0 Å². The number of carbonyl (C=O) groups excluding carboxylic acids is 2. The average molecular weight is 450 g/mol. The van der Waals surface area contributed by atoms with Crippen LogP contribution in [-0.2, 0) is 14.8 Å². The minimum absolute atomic E-state index is 0.164. The van der Waals surface area contributed by atoms with Gasteiger partial charge in [-0.1, -0.05) is 19.9 Å². The fraction of sp³-hybridized carbons (Fsp3) is 0.455. The summed E-state index contributed by atoms with van der Waals surface area (Å²) < 4.78 is 32.0. The van der Waals surface area contributed by atoms with E-state index in [0.717, 1.165) is 0 Å². The summed E-state index contributed by atoms with van der Waals surface area (Å²) in [6, 6.07) is 5.75. The lowest BCUT2D eigenvalue weighted by molar-refractivity contribution is 0.0525. The lowest BCUT2D eigenvalue weighted by atomic mass is 10.0. The van der Waals surface area contributed by atoms with Crippen LogP contribution in [0, 0.1) is 13.8 Å². The van der Waals surface area contributed by atoms with Gasteiger partial charge < -0.3 is 15.0 Å². The van der Waals surface area contributed by atoms with Crippen LogP contribution >= 0.6 is 0 Å². The zero-order valence-corrected chi connectivity index (χ0v) is 19.7. The third-order valence-electron chi connectivity index (χ3n) is 5.12. The molecule has 1 atom stereocenters. The van der Waals surface area contributed by atoms with E-state index in [0.29, 0.717) is 41.3 Å². The van der Waals surface area contributed by atoms with Crippen LogP contribution in [0.3, 0.4) is 0 Å². The Morgan fingerprint density at radius 3 is 2.39 bits per heavy atom. The van der Waals surface area contributed by atoms with E-state index < -0.39 is 22.0 Å². The fourth-order valence-electron chi connectivity index (χ4n) is 3.50. The Morgan fingerprint density at radius 1 is 1.16 bits per heavy atom. The van der Waals surface area contributed by atoms with Gasteiger partial charge in [-0.25, -0.2) is 13.2 Å². The number of anilines is 1. The molecule has 0 aliphatic carbocycles. The van der Waals surface area contributed by atoms with E-state index in [4.69, 9.17) is 4.74 Å². The van der Waals surface area contributed by atoms with Crippen molar-refractivity contribution in [2.45, 2.75) is 52.5 Å². The molecule has 170 valence electrons. The SMILES string of the molecule is CCOC(=O)c1c(C)[nH]c(C(=O)[C@@H](C)Nc2cccc(S(=O)(=O)N(CC)CC)c2)c1C. The smallest absolute Gasteiger partial charge is 0.340 e. The molecule has 0 aliphatic rings. The average Bonchev–Trinajstić information content (AvgIpc) is 3.02. The van der Waals surface area contributed by atoms with Crippen LogP contribution in [0.1, 0.15) is 59.8 Å². The summed E-state index contributed by atoms with van der Waals surface area (Å²) in [4.78, 5) is 28.4. The number of nitrogens with one attached hydrogen (secondary N) is 2. The number of aromatic nitrogens is 1. The van der Waals surface area contributed by atoms with Crippen LogP contribution in [0.4, 0.5) is 5.69 Å². The van der Waals surface area contributed by atoms with E-state index in [9.17, 15) is 18.0 Å². The Kier molecular flexibility index (Phi) is 8.02. The first-order valence-electron chi connectivity index (χ1n) is 10.4. The van der Waals surface area contributed by atoms with Gasteiger partial charge in [0.05, 0.1) is 28.8 Å². The van der Waals surface area contributed by atoms with Crippen molar-refractivity contribution in [1.29, 1.82) is 0 Å². The number of H-pyrrole nitrogens is 1. The van der Waals surface area contributed by atoms with Crippen LogP contribution in [-0.4, -0.2) is 55.2 Å². The molecule has 8 nitrogen and oxygen atoms in total. The summed E-state index contributed by atoms with van der Waals surface area (Å²) in [5.41, 5.74) is 2.31. The zero-order chi connectivity index (χ0) is 23.3. The Balaban J connectivity index is 2.27. The van der Waals surface area contributed by atoms with Gasteiger partial charge in [-0.05, 0) is 51.5 Å². The summed E-state index contributed by atoms with van der Waals surface area (Å²) in [6.45, 7) is 11.4. The third-order valence-corrected chi connectivity index (χ3v) is 7.16. The van der Waals surface area contributed by atoms with Gasteiger partial charge in [0.1, 0.15) is 0 Å². The number of sulfonamides is 1. The van der Waals surface area contributed by atoms with Gasteiger partial charge in [0.15, 0.2) is 0 Å². The molecule has 0 spiro atoms. The van der Waals surface area contributed by atoms with E-state index in [1.807, 2.05) is 0 Å². The normalized spacial score (nSPS) is 12.6. The molecule has 2 N–H and O–H groups in total. The van der Waals surface area contributed by atoms with Crippen molar-refractivity contribution in [1.82, 2.24) is 9.29 Å². The molecule has 1 aromatic heterocycles. The Bertz CT molecular complexity index is 1060. The lowest BCUT2D eigenvalue weighted by Gasteiger charge is -2.20. The number of rotatable bonds is 10. The van der Waals surface area contributed by atoms with Crippen molar-refractivity contribution in [2.24, 2.45) is 0 Å². The molecule has 0 radical (unpaired) electrons. The highest BCUT2D eigenvalue weighted by atomic mass is 32.2. The number of aryl methyl sites for hydroxylation is 1. The maximum atomic E-state index is 13.0. The Labute approximate surface area is 184 Å². The monoisotopic (exact) mass is 449 g/mol. The minimum Gasteiger partial charge on any atom is -0.462 e. The first-order valence-corrected chi connectivity index (χ1v) is 11.8. The van der Waals surface area contributed by atoms with Crippen molar-refractivity contribution in [3.05, 3.63) is 46.8 Å². The number of hydrogen-bond donors (Lipinski definition) is 2. The van der Waals surface area contributed by atoms with Crippen molar-refractivity contribution >= 4 is 27.5 Å². The zero-order valence-electron chi connectivity index (χ0n) is 18.9. The number of nitrogens with zero attached hydrogens (tertiary/aromatic N) is 1. The molecule has 1 aromatic carbocycles. The van der Waals surface area contributed by atoms with E-state index in [2.05, 4.69) is 10.3 Å². The predicted octanol–water partition coefficient (Wildman–Crippen LogP) is 3.52. The van der Waals surface area contributed by atoms with Crippen LogP contribution < -0.4 is 5.32 Å². The summed E-state index contributed by atoms with van der Waals surface area (Å²) in [7, 11) is -3.61. The number of ether oxygens (including phenoxy) is 1. The molecule has 0 amide bonds. The second-order valence-electron chi connectivity index (χ2n) is 7.19. The third kappa shape index (κ3) is 5.16. The fourth-order valence-corrected chi connectivity index (χ4v) is 5.00. The second kappa shape index (κ2) is 10.1. The summed E-state index contributed by atoms with van der Waals surface area (Å²) in [5, 5.41) is 3.07. The van der Waals surface area contributed by atoms with Crippen molar-refractivity contribution in [2.75, 3.05) is 25.0 Å². The summed E-state index contributed by atoms with van der Waals surface area (Å²) in [5.74, 6) is -0.712. The highest BCUT2D eigenvalue weighted by molar-refractivity contribution is 7.89. The standard InChI is InChI=1S/C22H31N3O5S/c1-7-25(8-2)31(28,29)18-12-10-11-17(13-18)23-16(6)21(26)20-14(4)19(15(5)24-20)22(27)30-9-3/h10-13,16,23-24H,7-9H2,1-6H3/t16-/m1/s1. The van der Waals surface area contributed by atoms with Crippen LogP contribution in [0.5, 0.6) is 0 Å². The highest BCUT2D eigenvalue weighted by Gasteiger charge is 2.26. The topological polar surface area (TPSA) is 109 Å². The van der Waals surface area contributed by atoms with Crippen LogP contribution in [0.25, 0.3) is 0 Å². The van der Waals surface area contributed by atoms with Gasteiger partial charge in [0, 0.05) is 24.5 Å². The molecule has 2 aromatic rings. The predicted molar refractivity (Wildman–Crippen MR) is 120 cm³/mol. The van der Waals surface area contributed by atoms with E-state index in [1.165, 1.54) is 16.4 Å². The lowest BCUT2D eigenvalue weighted by Crippen LogP contribution is -2.31. The summed E-state index contributed by atoms with van der Waals surface area (Å²) >= 11 is 0. The first kappa shape index (κ1) is 24.6. The molecule has 1 heterocycles. The quantitative estimate of drug-likeness (QED) is 0.424. The number of hydrogen-bond acceptors (Lipinski definition) is 6. The molecule has 2 rings (SSSR count). The molecule has 31 heavy (non-hydrogen) atoms. The van der Waals surface area contributed by atoms with Gasteiger partial charge in [0.25, 0.3) is 0 Å². The van der Waals surface area contributed by atoms with Crippen molar-refractivity contribution < 1.29 is 22.7 Å².